The van der Waals surface area contributed by atoms with Crippen LogP contribution in [0.3, 0.4) is 0 Å². The molecular formula is C17H16N4OS. The lowest BCUT2D eigenvalue weighted by molar-refractivity contribution is 0.262. The van der Waals surface area contributed by atoms with Gasteiger partial charge >= 0.3 is 6.03 Å². The molecule has 0 fully saturated rings. The number of anilines is 2. The highest BCUT2D eigenvalue weighted by molar-refractivity contribution is 7.98. The summed E-state index contributed by atoms with van der Waals surface area (Å²) in [6, 6.07) is 15.0. The lowest BCUT2D eigenvalue weighted by atomic mass is 10.2. The molecule has 2 aromatic carbocycles. The van der Waals surface area contributed by atoms with Gasteiger partial charge in [-0.25, -0.2) is 9.78 Å². The molecule has 0 atom stereocenters. The molecule has 2 amide bonds. The summed E-state index contributed by atoms with van der Waals surface area (Å²) < 4.78 is 1.85. The van der Waals surface area contributed by atoms with Crippen molar-refractivity contribution in [1.82, 2.24) is 9.55 Å². The van der Waals surface area contributed by atoms with Crippen LogP contribution in [-0.2, 0) is 0 Å². The molecule has 0 spiro atoms. The summed E-state index contributed by atoms with van der Waals surface area (Å²) in [5, 5.41) is 5.70. The first-order chi connectivity index (χ1) is 11.3. The number of carbonyl (C=O) groups is 1. The zero-order valence-corrected chi connectivity index (χ0v) is 13.4. The lowest BCUT2D eigenvalue weighted by Gasteiger charge is -2.12. The molecule has 0 aliphatic rings. The van der Waals surface area contributed by atoms with Crippen molar-refractivity contribution in [3.05, 3.63) is 67.3 Å². The zero-order valence-electron chi connectivity index (χ0n) is 12.6. The van der Waals surface area contributed by atoms with Crippen LogP contribution in [0.1, 0.15) is 0 Å². The standard InChI is InChI=1S/C17H16N4OS/c1-23-14-8-6-13(7-9-14)19-17(22)20-15-4-2-3-5-16(15)21-11-10-18-12-21/h2-12H,1H3,(H2,19,20,22). The maximum absolute atomic E-state index is 12.2. The van der Waals surface area contributed by atoms with E-state index in [2.05, 4.69) is 15.6 Å². The average Bonchev–Trinajstić information content (AvgIpc) is 3.10. The second kappa shape index (κ2) is 7.02. The molecule has 0 aliphatic heterocycles. The van der Waals surface area contributed by atoms with Gasteiger partial charge in [-0.3, -0.25) is 0 Å². The Morgan fingerprint density at radius 3 is 2.57 bits per heavy atom. The number of rotatable bonds is 4. The molecule has 0 saturated carbocycles. The fourth-order valence-corrected chi connectivity index (χ4v) is 2.57. The molecule has 0 aliphatic carbocycles. The van der Waals surface area contributed by atoms with E-state index in [1.54, 1.807) is 24.3 Å². The normalized spacial score (nSPS) is 10.3. The van der Waals surface area contributed by atoms with E-state index in [9.17, 15) is 4.79 Å². The van der Waals surface area contributed by atoms with Crippen LogP contribution < -0.4 is 10.6 Å². The van der Waals surface area contributed by atoms with E-state index in [4.69, 9.17) is 0 Å². The molecular weight excluding hydrogens is 308 g/mol. The van der Waals surface area contributed by atoms with E-state index in [1.807, 2.05) is 65.6 Å². The second-order valence-corrected chi connectivity index (χ2v) is 5.67. The molecule has 2 N–H and O–H groups in total. The third-order valence-corrected chi connectivity index (χ3v) is 4.03. The van der Waals surface area contributed by atoms with Crippen LogP contribution in [0.5, 0.6) is 0 Å². The Morgan fingerprint density at radius 1 is 1.09 bits per heavy atom. The number of hydrogen-bond donors (Lipinski definition) is 2. The lowest BCUT2D eigenvalue weighted by Crippen LogP contribution is -2.20. The quantitative estimate of drug-likeness (QED) is 0.706. The monoisotopic (exact) mass is 324 g/mol. The summed E-state index contributed by atoms with van der Waals surface area (Å²) in [6.45, 7) is 0. The minimum absolute atomic E-state index is 0.283. The number of para-hydroxylation sites is 2. The highest BCUT2D eigenvalue weighted by Gasteiger charge is 2.08. The first-order valence-electron chi connectivity index (χ1n) is 7.05. The molecule has 23 heavy (non-hydrogen) atoms. The Balaban J connectivity index is 1.73. The highest BCUT2D eigenvalue weighted by atomic mass is 32.2. The van der Waals surface area contributed by atoms with Crippen molar-refractivity contribution in [2.75, 3.05) is 16.9 Å². The van der Waals surface area contributed by atoms with E-state index < -0.39 is 0 Å². The van der Waals surface area contributed by atoms with Gasteiger partial charge in [-0.1, -0.05) is 12.1 Å². The summed E-state index contributed by atoms with van der Waals surface area (Å²) in [5.74, 6) is 0. The van der Waals surface area contributed by atoms with Crippen molar-refractivity contribution in [2.24, 2.45) is 0 Å². The van der Waals surface area contributed by atoms with Crippen LogP contribution in [0.2, 0.25) is 0 Å². The van der Waals surface area contributed by atoms with Crippen LogP contribution in [0.15, 0.2) is 72.1 Å². The number of nitrogens with zero attached hydrogens (tertiary/aromatic N) is 2. The molecule has 1 aromatic heterocycles. The number of urea groups is 1. The number of hydrogen-bond acceptors (Lipinski definition) is 3. The van der Waals surface area contributed by atoms with E-state index >= 15 is 0 Å². The first kappa shape index (κ1) is 15.2. The molecule has 3 rings (SSSR count). The third-order valence-electron chi connectivity index (χ3n) is 3.28. The van der Waals surface area contributed by atoms with Gasteiger partial charge in [0.2, 0.25) is 0 Å². The number of aromatic nitrogens is 2. The fourth-order valence-electron chi connectivity index (χ4n) is 2.17. The van der Waals surface area contributed by atoms with Crippen molar-refractivity contribution in [3.63, 3.8) is 0 Å². The molecule has 116 valence electrons. The predicted octanol–water partition coefficient (Wildman–Crippen LogP) is 4.24. The summed E-state index contributed by atoms with van der Waals surface area (Å²) >= 11 is 1.66. The van der Waals surface area contributed by atoms with Crippen molar-refractivity contribution in [3.8, 4) is 5.69 Å². The van der Waals surface area contributed by atoms with E-state index in [1.165, 1.54) is 0 Å². The van der Waals surface area contributed by atoms with Gasteiger partial charge in [-0.2, -0.15) is 0 Å². The highest BCUT2D eigenvalue weighted by Crippen LogP contribution is 2.21. The molecule has 6 heteroatoms. The minimum atomic E-state index is -0.283. The molecule has 0 saturated heterocycles. The minimum Gasteiger partial charge on any atom is -0.308 e. The number of carbonyl (C=O) groups excluding carboxylic acids is 1. The van der Waals surface area contributed by atoms with Gasteiger partial charge in [0, 0.05) is 23.0 Å². The Labute approximate surface area is 138 Å². The van der Waals surface area contributed by atoms with Crippen molar-refractivity contribution >= 4 is 29.2 Å². The number of amides is 2. The van der Waals surface area contributed by atoms with Crippen LogP contribution in [0.4, 0.5) is 16.2 Å². The largest absolute Gasteiger partial charge is 0.323 e. The van der Waals surface area contributed by atoms with Gasteiger partial charge < -0.3 is 15.2 Å². The number of nitrogens with one attached hydrogen (secondary N) is 2. The summed E-state index contributed by atoms with van der Waals surface area (Å²) in [4.78, 5) is 17.4. The van der Waals surface area contributed by atoms with Gasteiger partial charge in [0.1, 0.15) is 0 Å². The average molecular weight is 324 g/mol. The van der Waals surface area contributed by atoms with E-state index in [-0.39, 0.29) is 6.03 Å². The molecule has 1 heterocycles. The van der Waals surface area contributed by atoms with Crippen LogP contribution in [0, 0.1) is 0 Å². The van der Waals surface area contributed by atoms with Crippen LogP contribution >= 0.6 is 11.8 Å². The topological polar surface area (TPSA) is 59.0 Å². The molecule has 0 bridgehead atoms. The number of thioether (sulfide) groups is 1. The molecule has 0 radical (unpaired) electrons. The van der Waals surface area contributed by atoms with Crippen molar-refractivity contribution in [2.45, 2.75) is 4.90 Å². The summed E-state index contributed by atoms with van der Waals surface area (Å²) in [5.41, 5.74) is 2.32. The number of benzene rings is 2. The van der Waals surface area contributed by atoms with Gasteiger partial charge in [0.15, 0.2) is 0 Å². The van der Waals surface area contributed by atoms with Gasteiger partial charge in [0.25, 0.3) is 0 Å². The van der Waals surface area contributed by atoms with Gasteiger partial charge in [0.05, 0.1) is 17.7 Å². The Bertz CT molecular complexity index is 785. The third kappa shape index (κ3) is 3.73. The summed E-state index contributed by atoms with van der Waals surface area (Å²) in [7, 11) is 0. The predicted molar refractivity (Wildman–Crippen MR) is 94.4 cm³/mol. The van der Waals surface area contributed by atoms with Crippen LogP contribution in [0.25, 0.3) is 5.69 Å². The first-order valence-corrected chi connectivity index (χ1v) is 8.28. The molecule has 5 nitrogen and oxygen atoms in total. The van der Waals surface area contributed by atoms with E-state index in [0.717, 1.165) is 16.3 Å². The zero-order chi connectivity index (χ0) is 16.1. The van der Waals surface area contributed by atoms with Gasteiger partial charge in [-0.05, 0) is 42.7 Å². The maximum Gasteiger partial charge on any atom is 0.323 e. The van der Waals surface area contributed by atoms with E-state index in [0.29, 0.717) is 5.69 Å². The number of imidazole rings is 1. The van der Waals surface area contributed by atoms with Crippen LogP contribution in [-0.4, -0.2) is 21.8 Å². The smallest absolute Gasteiger partial charge is 0.308 e. The van der Waals surface area contributed by atoms with Crippen molar-refractivity contribution < 1.29 is 4.79 Å². The maximum atomic E-state index is 12.2. The Kier molecular flexibility index (Phi) is 4.63. The van der Waals surface area contributed by atoms with Gasteiger partial charge in [-0.15, -0.1) is 11.8 Å². The Morgan fingerprint density at radius 2 is 1.87 bits per heavy atom. The second-order valence-electron chi connectivity index (χ2n) is 4.79. The SMILES string of the molecule is CSc1ccc(NC(=O)Nc2ccccc2-n2ccnc2)cc1. The summed E-state index contributed by atoms with van der Waals surface area (Å²) in [6.07, 6.45) is 7.24. The Hall–Kier alpha value is -2.73. The molecule has 3 aromatic rings. The van der Waals surface area contributed by atoms with Crippen molar-refractivity contribution in [1.29, 1.82) is 0 Å². The molecule has 0 unspecified atom stereocenters. The fraction of sp³-hybridized carbons (Fsp3) is 0.0588.